The first-order valence-electron chi connectivity index (χ1n) is 7.66. The highest BCUT2D eigenvalue weighted by atomic mass is 16.2. The van der Waals surface area contributed by atoms with E-state index < -0.39 is 0 Å². The highest BCUT2D eigenvalue weighted by Crippen LogP contribution is 2.27. The van der Waals surface area contributed by atoms with E-state index in [0.29, 0.717) is 6.54 Å². The summed E-state index contributed by atoms with van der Waals surface area (Å²) in [6.07, 6.45) is 5.32. The van der Waals surface area contributed by atoms with Crippen LogP contribution in [0.3, 0.4) is 0 Å². The molecule has 1 aromatic carbocycles. The minimum Gasteiger partial charge on any atom is -0.335 e. The number of nitrogens with one attached hydrogen (secondary N) is 2. The van der Waals surface area contributed by atoms with Crippen LogP contribution in [0.15, 0.2) is 24.3 Å². The Hall–Kier alpha value is -2.04. The van der Waals surface area contributed by atoms with Crippen molar-refractivity contribution in [3.8, 4) is 0 Å². The van der Waals surface area contributed by atoms with Gasteiger partial charge in [-0.15, -0.1) is 0 Å². The maximum atomic E-state index is 12.2. The van der Waals surface area contributed by atoms with Crippen LogP contribution in [0.4, 0.5) is 10.5 Å². The number of para-hydroxylation sites is 1. The molecule has 1 aliphatic carbocycles. The molecule has 0 saturated heterocycles. The number of hydrogen-bond donors (Lipinski definition) is 2. The zero-order chi connectivity index (χ0) is 14.7. The Bertz CT molecular complexity index is 538. The molecule has 2 N–H and O–H groups in total. The highest BCUT2D eigenvalue weighted by Gasteiger charge is 2.24. The summed E-state index contributed by atoms with van der Waals surface area (Å²) in [6.45, 7) is 0.747. The van der Waals surface area contributed by atoms with E-state index in [-0.39, 0.29) is 24.5 Å². The number of hydrogen-bond acceptors (Lipinski definition) is 2. The molecule has 2 aliphatic rings. The van der Waals surface area contributed by atoms with Gasteiger partial charge in [0.1, 0.15) is 0 Å². The number of amides is 3. The first-order chi connectivity index (χ1) is 10.2. The monoisotopic (exact) mass is 287 g/mol. The summed E-state index contributed by atoms with van der Waals surface area (Å²) >= 11 is 0. The molecule has 3 amide bonds. The summed E-state index contributed by atoms with van der Waals surface area (Å²) in [5.41, 5.74) is 2.17. The maximum Gasteiger partial charge on any atom is 0.315 e. The minimum absolute atomic E-state index is 0.0485. The molecule has 5 nitrogen and oxygen atoms in total. The van der Waals surface area contributed by atoms with Crippen LogP contribution >= 0.6 is 0 Å². The van der Waals surface area contributed by atoms with Crippen LogP contribution in [-0.2, 0) is 11.2 Å². The van der Waals surface area contributed by atoms with Crippen LogP contribution in [0, 0.1) is 0 Å². The standard InChI is InChI=1S/C16H21N3O2/c20-15(11-17-16(21)18-13-6-2-3-7-13)19-10-9-12-5-1-4-8-14(12)19/h1,4-5,8,13H,2-3,6-7,9-11H2,(H2,17,18,21). The predicted octanol–water partition coefficient (Wildman–Crippen LogP) is 1.82. The molecular formula is C16H21N3O2. The lowest BCUT2D eigenvalue weighted by molar-refractivity contribution is -0.117. The fraction of sp³-hybridized carbons (Fsp3) is 0.500. The number of carbonyl (C=O) groups excluding carboxylic acids is 2. The van der Waals surface area contributed by atoms with Crippen molar-refractivity contribution in [1.29, 1.82) is 0 Å². The molecule has 1 saturated carbocycles. The molecule has 1 heterocycles. The molecule has 5 heteroatoms. The second kappa shape index (κ2) is 6.16. The number of urea groups is 1. The van der Waals surface area contributed by atoms with Gasteiger partial charge in [0, 0.05) is 18.3 Å². The molecule has 0 aromatic heterocycles. The van der Waals surface area contributed by atoms with E-state index in [1.54, 1.807) is 4.90 Å². The lowest BCUT2D eigenvalue weighted by Crippen LogP contribution is -2.45. The second-order valence-corrected chi connectivity index (χ2v) is 5.73. The van der Waals surface area contributed by atoms with Crippen molar-refractivity contribution in [2.24, 2.45) is 0 Å². The number of carbonyl (C=O) groups is 2. The van der Waals surface area contributed by atoms with Gasteiger partial charge in [-0.05, 0) is 30.9 Å². The summed E-state index contributed by atoms with van der Waals surface area (Å²) in [6, 6.07) is 7.96. The normalized spacial score (nSPS) is 17.6. The van der Waals surface area contributed by atoms with Gasteiger partial charge < -0.3 is 15.5 Å². The molecule has 0 unspecified atom stereocenters. The average Bonchev–Trinajstić information content (AvgIpc) is 3.13. The number of fused-ring (bicyclic) bond motifs is 1. The van der Waals surface area contributed by atoms with Crippen LogP contribution in [0.2, 0.25) is 0 Å². The number of benzene rings is 1. The fourth-order valence-electron chi connectivity index (χ4n) is 3.16. The van der Waals surface area contributed by atoms with Crippen molar-refractivity contribution >= 4 is 17.6 Å². The van der Waals surface area contributed by atoms with Gasteiger partial charge in [0.05, 0.1) is 6.54 Å². The third kappa shape index (κ3) is 3.17. The van der Waals surface area contributed by atoms with Gasteiger partial charge in [-0.25, -0.2) is 4.79 Å². The third-order valence-electron chi connectivity index (χ3n) is 4.28. The topological polar surface area (TPSA) is 61.4 Å². The van der Waals surface area contributed by atoms with Crippen molar-refractivity contribution in [3.63, 3.8) is 0 Å². The van der Waals surface area contributed by atoms with Gasteiger partial charge in [0.25, 0.3) is 0 Å². The summed E-state index contributed by atoms with van der Waals surface area (Å²) < 4.78 is 0. The molecular weight excluding hydrogens is 266 g/mol. The second-order valence-electron chi connectivity index (χ2n) is 5.73. The Kier molecular flexibility index (Phi) is 4.08. The van der Waals surface area contributed by atoms with Crippen molar-refractivity contribution < 1.29 is 9.59 Å². The summed E-state index contributed by atoms with van der Waals surface area (Å²) in [5, 5.41) is 5.60. The Labute approximate surface area is 124 Å². The van der Waals surface area contributed by atoms with Crippen LogP contribution < -0.4 is 15.5 Å². The van der Waals surface area contributed by atoms with E-state index in [1.165, 1.54) is 18.4 Å². The van der Waals surface area contributed by atoms with Gasteiger partial charge in [0.2, 0.25) is 5.91 Å². The van der Waals surface area contributed by atoms with E-state index in [1.807, 2.05) is 24.3 Å². The van der Waals surface area contributed by atoms with Gasteiger partial charge in [-0.2, -0.15) is 0 Å². The number of nitrogens with zero attached hydrogens (tertiary/aromatic N) is 1. The van der Waals surface area contributed by atoms with Gasteiger partial charge >= 0.3 is 6.03 Å². The van der Waals surface area contributed by atoms with E-state index in [4.69, 9.17) is 0 Å². The van der Waals surface area contributed by atoms with Crippen molar-refractivity contribution in [2.75, 3.05) is 18.0 Å². The Balaban J connectivity index is 1.49. The third-order valence-corrected chi connectivity index (χ3v) is 4.28. The molecule has 0 spiro atoms. The van der Waals surface area contributed by atoms with Gasteiger partial charge in [0.15, 0.2) is 0 Å². The highest BCUT2D eigenvalue weighted by molar-refractivity contribution is 5.98. The molecule has 1 aromatic rings. The van der Waals surface area contributed by atoms with Gasteiger partial charge in [-0.1, -0.05) is 31.0 Å². The average molecular weight is 287 g/mol. The first-order valence-corrected chi connectivity index (χ1v) is 7.66. The summed E-state index contributed by atoms with van der Waals surface area (Å²) in [5.74, 6) is -0.0541. The number of rotatable bonds is 3. The SMILES string of the molecule is O=C(NCC(=O)N1CCc2ccccc21)NC1CCCC1. The van der Waals surface area contributed by atoms with E-state index in [2.05, 4.69) is 10.6 Å². The van der Waals surface area contributed by atoms with E-state index in [0.717, 1.165) is 24.9 Å². The Morgan fingerprint density at radius 1 is 1.19 bits per heavy atom. The first kappa shape index (κ1) is 13.9. The smallest absolute Gasteiger partial charge is 0.315 e. The van der Waals surface area contributed by atoms with Crippen LogP contribution in [-0.4, -0.2) is 31.1 Å². The fourth-order valence-corrected chi connectivity index (χ4v) is 3.16. The largest absolute Gasteiger partial charge is 0.335 e. The molecule has 112 valence electrons. The molecule has 21 heavy (non-hydrogen) atoms. The summed E-state index contributed by atoms with van der Waals surface area (Å²) in [4.78, 5) is 25.8. The van der Waals surface area contributed by atoms with Crippen molar-refractivity contribution in [3.05, 3.63) is 29.8 Å². The van der Waals surface area contributed by atoms with E-state index >= 15 is 0 Å². The van der Waals surface area contributed by atoms with Crippen LogP contribution in [0.1, 0.15) is 31.2 Å². The minimum atomic E-state index is -0.234. The summed E-state index contributed by atoms with van der Waals surface area (Å²) in [7, 11) is 0. The molecule has 0 bridgehead atoms. The van der Waals surface area contributed by atoms with Crippen molar-refractivity contribution in [2.45, 2.75) is 38.1 Å². The Morgan fingerprint density at radius 2 is 1.95 bits per heavy atom. The lowest BCUT2D eigenvalue weighted by atomic mass is 10.2. The van der Waals surface area contributed by atoms with Gasteiger partial charge in [-0.3, -0.25) is 4.79 Å². The molecule has 0 atom stereocenters. The molecule has 1 fully saturated rings. The number of anilines is 1. The molecule has 0 radical (unpaired) electrons. The zero-order valence-electron chi connectivity index (χ0n) is 12.1. The van der Waals surface area contributed by atoms with Crippen LogP contribution in [0.5, 0.6) is 0 Å². The lowest BCUT2D eigenvalue weighted by Gasteiger charge is -2.18. The zero-order valence-corrected chi connectivity index (χ0v) is 12.1. The Morgan fingerprint density at radius 3 is 2.76 bits per heavy atom. The predicted molar refractivity (Wildman–Crippen MR) is 81.3 cm³/mol. The van der Waals surface area contributed by atoms with Crippen molar-refractivity contribution in [1.82, 2.24) is 10.6 Å². The molecule has 1 aliphatic heterocycles. The van der Waals surface area contributed by atoms with Crippen LogP contribution in [0.25, 0.3) is 0 Å². The van der Waals surface area contributed by atoms with E-state index in [9.17, 15) is 9.59 Å². The maximum absolute atomic E-state index is 12.2. The quantitative estimate of drug-likeness (QED) is 0.891. The molecule has 3 rings (SSSR count).